The molecule has 1 N–H and O–H groups in total. The van der Waals surface area contributed by atoms with Gasteiger partial charge in [0.25, 0.3) is 5.91 Å². The molecule has 1 aliphatic rings. The van der Waals surface area contributed by atoms with E-state index in [4.69, 9.17) is 4.74 Å². The highest BCUT2D eigenvalue weighted by Crippen LogP contribution is 2.39. The van der Waals surface area contributed by atoms with E-state index in [9.17, 15) is 14.9 Å². The molecule has 1 aliphatic carbocycles. The molecule has 0 bridgehead atoms. The summed E-state index contributed by atoms with van der Waals surface area (Å²) in [5, 5.41) is 11.9. The van der Waals surface area contributed by atoms with Crippen LogP contribution in [0.4, 0.5) is 0 Å². The van der Waals surface area contributed by atoms with Crippen LogP contribution in [0.3, 0.4) is 0 Å². The van der Waals surface area contributed by atoms with Crippen molar-refractivity contribution in [3.63, 3.8) is 0 Å². The standard InChI is InChI=1S/C16H18N2O3/c1-11(19)12-3-7-14(8-4-12)21-9-15(20)18-16(2,10-17)13-5-6-13/h3-4,7-8,13H,5-6,9H2,1-2H3,(H,18,20)/t16-/m0/s1. The molecule has 1 atom stereocenters. The molecular weight excluding hydrogens is 268 g/mol. The molecule has 1 aromatic rings. The molecule has 21 heavy (non-hydrogen) atoms. The molecule has 1 fully saturated rings. The summed E-state index contributed by atoms with van der Waals surface area (Å²) in [6.07, 6.45) is 1.94. The smallest absolute Gasteiger partial charge is 0.259 e. The molecule has 1 saturated carbocycles. The van der Waals surface area contributed by atoms with Gasteiger partial charge in [0.05, 0.1) is 6.07 Å². The normalized spacial score (nSPS) is 16.4. The Balaban J connectivity index is 1.86. The van der Waals surface area contributed by atoms with Crippen LogP contribution in [0.1, 0.15) is 37.0 Å². The van der Waals surface area contributed by atoms with E-state index in [0.717, 1.165) is 12.8 Å². The first-order valence-corrected chi connectivity index (χ1v) is 6.90. The minimum Gasteiger partial charge on any atom is -0.484 e. The molecule has 0 spiro atoms. The number of amides is 1. The van der Waals surface area contributed by atoms with Gasteiger partial charge in [0, 0.05) is 5.56 Å². The maximum Gasteiger partial charge on any atom is 0.259 e. The Morgan fingerprint density at radius 3 is 2.48 bits per heavy atom. The third kappa shape index (κ3) is 3.82. The second-order valence-corrected chi connectivity index (χ2v) is 5.51. The molecule has 110 valence electrons. The molecule has 0 aromatic heterocycles. The van der Waals surface area contributed by atoms with Crippen LogP contribution in [0.5, 0.6) is 5.75 Å². The Labute approximate surface area is 123 Å². The zero-order chi connectivity index (χ0) is 15.5. The minimum atomic E-state index is -0.807. The number of nitrogens with one attached hydrogen (secondary N) is 1. The van der Waals surface area contributed by atoms with Crippen LogP contribution in [0.15, 0.2) is 24.3 Å². The van der Waals surface area contributed by atoms with Gasteiger partial charge in [0.2, 0.25) is 0 Å². The SMILES string of the molecule is CC(=O)c1ccc(OCC(=O)N[C@@](C)(C#N)C2CC2)cc1. The third-order valence-corrected chi connectivity index (χ3v) is 3.66. The van der Waals surface area contributed by atoms with E-state index < -0.39 is 5.54 Å². The van der Waals surface area contributed by atoms with E-state index >= 15 is 0 Å². The second kappa shape index (κ2) is 5.96. The zero-order valence-corrected chi connectivity index (χ0v) is 12.2. The molecule has 0 aliphatic heterocycles. The van der Waals surface area contributed by atoms with E-state index in [1.54, 1.807) is 31.2 Å². The first kappa shape index (κ1) is 15.0. The van der Waals surface area contributed by atoms with Crippen LogP contribution >= 0.6 is 0 Å². The molecule has 5 heteroatoms. The van der Waals surface area contributed by atoms with Crippen LogP contribution in [-0.2, 0) is 4.79 Å². The lowest BCUT2D eigenvalue weighted by Gasteiger charge is -2.22. The number of carbonyl (C=O) groups is 2. The monoisotopic (exact) mass is 286 g/mol. The van der Waals surface area contributed by atoms with Gasteiger partial charge < -0.3 is 10.1 Å². The molecule has 0 saturated heterocycles. The fraction of sp³-hybridized carbons (Fsp3) is 0.438. The molecule has 1 aromatic carbocycles. The molecule has 0 heterocycles. The van der Waals surface area contributed by atoms with Crippen molar-refractivity contribution in [2.45, 2.75) is 32.2 Å². The van der Waals surface area contributed by atoms with Gasteiger partial charge >= 0.3 is 0 Å². The maximum absolute atomic E-state index is 11.9. The van der Waals surface area contributed by atoms with Crippen molar-refractivity contribution in [1.29, 1.82) is 5.26 Å². The maximum atomic E-state index is 11.9. The van der Waals surface area contributed by atoms with Crippen LogP contribution in [0.25, 0.3) is 0 Å². The average Bonchev–Trinajstić information content (AvgIpc) is 3.30. The van der Waals surface area contributed by atoms with E-state index in [2.05, 4.69) is 11.4 Å². The minimum absolute atomic E-state index is 0.0199. The number of hydrogen-bond donors (Lipinski definition) is 1. The van der Waals surface area contributed by atoms with Gasteiger partial charge in [-0.3, -0.25) is 9.59 Å². The number of hydrogen-bond acceptors (Lipinski definition) is 4. The van der Waals surface area contributed by atoms with Gasteiger partial charge in [0.1, 0.15) is 11.3 Å². The summed E-state index contributed by atoms with van der Waals surface area (Å²) in [6.45, 7) is 3.08. The van der Waals surface area contributed by atoms with E-state index in [0.29, 0.717) is 11.3 Å². The van der Waals surface area contributed by atoms with Gasteiger partial charge in [0.15, 0.2) is 12.4 Å². The van der Waals surface area contributed by atoms with Gasteiger partial charge in [-0.2, -0.15) is 5.26 Å². The summed E-state index contributed by atoms with van der Waals surface area (Å²) < 4.78 is 5.36. The summed E-state index contributed by atoms with van der Waals surface area (Å²) in [5.41, 5.74) is -0.212. The first-order chi connectivity index (χ1) is 9.94. The molecule has 1 amide bonds. The number of nitrogens with zero attached hydrogens (tertiary/aromatic N) is 1. The molecular formula is C16H18N2O3. The summed E-state index contributed by atoms with van der Waals surface area (Å²) in [5.74, 6) is 0.414. The summed E-state index contributed by atoms with van der Waals surface area (Å²) in [6, 6.07) is 8.76. The highest BCUT2D eigenvalue weighted by molar-refractivity contribution is 5.94. The van der Waals surface area contributed by atoms with Crippen LogP contribution in [0, 0.1) is 17.2 Å². The summed E-state index contributed by atoms with van der Waals surface area (Å²) in [7, 11) is 0. The largest absolute Gasteiger partial charge is 0.484 e. The number of rotatable bonds is 6. The van der Waals surface area contributed by atoms with Crippen molar-refractivity contribution in [3.05, 3.63) is 29.8 Å². The summed E-state index contributed by atoms with van der Waals surface area (Å²) >= 11 is 0. The third-order valence-electron chi connectivity index (χ3n) is 3.66. The van der Waals surface area contributed by atoms with Crippen molar-refractivity contribution in [3.8, 4) is 11.8 Å². The van der Waals surface area contributed by atoms with Gasteiger partial charge in [-0.1, -0.05) is 0 Å². The fourth-order valence-corrected chi connectivity index (χ4v) is 2.14. The highest BCUT2D eigenvalue weighted by Gasteiger charge is 2.43. The Bertz CT molecular complexity index is 585. The fourth-order valence-electron chi connectivity index (χ4n) is 2.14. The quantitative estimate of drug-likeness (QED) is 0.812. The van der Waals surface area contributed by atoms with Crippen molar-refractivity contribution < 1.29 is 14.3 Å². The Hall–Kier alpha value is -2.35. The molecule has 2 rings (SSSR count). The van der Waals surface area contributed by atoms with Crippen LogP contribution in [0.2, 0.25) is 0 Å². The lowest BCUT2D eigenvalue weighted by atomic mass is 9.98. The van der Waals surface area contributed by atoms with Gasteiger partial charge in [-0.25, -0.2) is 0 Å². The number of benzene rings is 1. The first-order valence-electron chi connectivity index (χ1n) is 6.90. The Kier molecular flexibility index (Phi) is 4.27. The van der Waals surface area contributed by atoms with Crippen molar-refractivity contribution in [1.82, 2.24) is 5.32 Å². The number of Topliss-reactive ketones (excluding diaryl/α,β-unsaturated/α-hetero) is 1. The van der Waals surface area contributed by atoms with E-state index in [1.165, 1.54) is 6.92 Å². The van der Waals surface area contributed by atoms with E-state index in [-0.39, 0.29) is 24.2 Å². The van der Waals surface area contributed by atoms with Crippen molar-refractivity contribution in [2.24, 2.45) is 5.92 Å². The van der Waals surface area contributed by atoms with Crippen LogP contribution < -0.4 is 10.1 Å². The molecule has 0 radical (unpaired) electrons. The van der Waals surface area contributed by atoms with Crippen LogP contribution in [-0.4, -0.2) is 23.8 Å². The number of ether oxygens (including phenoxy) is 1. The highest BCUT2D eigenvalue weighted by atomic mass is 16.5. The predicted molar refractivity (Wildman–Crippen MR) is 76.8 cm³/mol. The number of nitriles is 1. The Morgan fingerprint density at radius 1 is 1.38 bits per heavy atom. The molecule has 0 unspecified atom stereocenters. The summed E-state index contributed by atoms with van der Waals surface area (Å²) in [4.78, 5) is 23.0. The average molecular weight is 286 g/mol. The van der Waals surface area contributed by atoms with Gasteiger partial charge in [-0.05, 0) is 56.9 Å². The Morgan fingerprint density at radius 2 is 2.00 bits per heavy atom. The van der Waals surface area contributed by atoms with Crippen molar-refractivity contribution >= 4 is 11.7 Å². The van der Waals surface area contributed by atoms with Crippen molar-refractivity contribution in [2.75, 3.05) is 6.61 Å². The lowest BCUT2D eigenvalue weighted by molar-refractivity contribution is -0.124. The zero-order valence-electron chi connectivity index (χ0n) is 12.2. The molecule has 5 nitrogen and oxygen atoms in total. The lowest BCUT2D eigenvalue weighted by Crippen LogP contribution is -2.48. The van der Waals surface area contributed by atoms with E-state index in [1.807, 2.05) is 0 Å². The van der Waals surface area contributed by atoms with Gasteiger partial charge in [-0.15, -0.1) is 0 Å². The second-order valence-electron chi connectivity index (χ2n) is 5.51. The number of ketones is 1. The predicted octanol–water partition coefficient (Wildman–Crippen LogP) is 2.08. The number of carbonyl (C=O) groups excluding carboxylic acids is 2. The topological polar surface area (TPSA) is 79.2 Å².